The van der Waals surface area contributed by atoms with Crippen LogP contribution in [0.4, 0.5) is 0 Å². The fourth-order valence-electron chi connectivity index (χ4n) is 3.09. The molecule has 3 rings (SSSR count). The third-order valence-electron chi connectivity index (χ3n) is 4.23. The molecule has 0 amide bonds. The molecule has 1 aliphatic rings. The zero-order chi connectivity index (χ0) is 16.9. The summed E-state index contributed by atoms with van der Waals surface area (Å²) in [5.41, 5.74) is 2.16. The maximum atomic E-state index is 7.87. The van der Waals surface area contributed by atoms with Gasteiger partial charge in [-0.2, -0.15) is 0 Å². The quantitative estimate of drug-likeness (QED) is 0.889. The first-order valence-corrected chi connectivity index (χ1v) is 7.84. The highest BCUT2D eigenvalue weighted by atomic mass is 16.5. The van der Waals surface area contributed by atoms with Gasteiger partial charge in [0, 0.05) is 24.2 Å². The van der Waals surface area contributed by atoms with Crippen LogP contribution in [0.3, 0.4) is 0 Å². The largest absolute Gasteiger partial charge is 0.496 e. The van der Waals surface area contributed by atoms with Gasteiger partial charge in [-0.1, -0.05) is 48.5 Å². The van der Waals surface area contributed by atoms with Crippen LogP contribution in [0.5, 0.6) is 5.75 Å². The van der Waals surface area contributed by atoms with Gasteiger partial charge in [0.05, 0.1) is 9.85 Å². The summed E-state index contributed by atoms with van der Waals surface area (Å²) in [5, 5.41) is 7.18. The van der Waals surface area contributed by atoms with E-state index in [1.165, 1.54) is 0 Å². The Kier molecular flexibility index (Phi) is 4.28. The van der Waals surface area contributed by atoms with E-state index in [-0.39, 0.29) is 12.1 Å². The highest BCUT2D eigenvalue weighted by Crippen LogP contribution is 2.25. The molecule has 3 heteroatoms. The lowest BCUT2D eigenvalue weighted by Gasteiger charge is -2.34. The Morgan fingerprint density at radius 3 is 2.86 bits per heavy atom. The number of piperidine rings is 1. The minimum Gasteiger partial charge on any atom is -0.496 e. The van der Waals surface area contributed by atoms with Gasteiger partial charge in [0.15, 0.2) is 0 Å². The van der Waals surface area contributed by atoms with Crippen molar-refractivity contribution in [3.8, 4) is 5.75 Å². The van der Waals surface area contributed by atoms with Crippen LogP contribution in [0.1, 0.15) is 32.8 Å². The normalized spacial score (nSPS) is 22.8. The lowest BCUT2D eigenvalue weighted by molar-refractivity contribution is 0.303. The standard InChI is InChI=1S/C19H24N2O/c1-22-18-12-6-5-10-16(18)14-21-17-11-7-13-20-19(17)15-8-3-2-4-9-15/h2-6,8-10,12,17,19-21H,7,11,13-14H2,1H3/t17-,19-/m0/s1/i3T,4T. The zero-order valence-electron chi connectivity index (χ0n) is 14.9. The fraction of sp³-hybridized carbons (Fsp3) is 0.368. The number of rotatable bonds is 5. The van der Waals surface area contributed by atoms with Crippen LogP contribution >= 0.6 is 0 Å². The molecule has 1 fully saturated rings. The van der Waals surface area contributed by atoms with Crippen LogP contribution in [-0.4, -0.2) is 19.7 Å². The maximum absolute atomic E-state index is 7.87. The van der Waals surface area contributed by atoms with Crippen molar-refractivity contribution in [1.82, 2.24) is 10.6 Å². The van der Waals surface area contributed by atoms with E-state index < -0.39 is 0 Å². The molecule has 0 aromatic heterocycles. The number of nitrogens with one attached hydrogen (secondary N) is 2. The van der Waals surface area contributed by atoms with Crippen LogP contribution in [-0.2, 0) is 6.54 Å². The molecule has 1 heterocycles. The van der Waals surface area contributed by atoms with Crippen LogP contribution in [0.25, 0.3) is 0 Å². The van der Waals surface area contributed by atoms with Gasteiger partial charge in [-0.15, -0.1) is 0 Å². The summed E-state index contributed by atoms with van der Waals surface area (Å²) in [6.45, 7) is 1.70. The highest BCUT2D eigenvalue weighted by Gasteiger charge is 2.25. The molecule has 2 N–H and O–H groups in total. The van der Waals surface area contributed by atoms with Gasteiger partial charge in [0.2, 0.25) is 0 Å². The molecule has 1 saturated heterocycles. The van der Waals surface area contributed by atoms with Crippen molar-refractivity contribution in [3.63, 3.8) is 0 Å². The van der Waals surface area contributed by atoms with Crippen molar-refractivity contribution in [1.29, 1.82) is 0 Å². The summed E-state index contributed by atoms with van der Waals surface area (Å²) in [6.07, 6.45) is 2.19. The molecule has 0 bridgehead atoms. The summed E-state index contributed by atoms with van der Waals surface area (Å²) in [5.74, 6) is 0.895. The summed E-state index contributed by atoms with van der Waals surface area (Å²) in [6, 6.07) is 14.5. The number of hydrogen-bond donors (Lipinski definition) is 2. The molecule has 0 radical (unpaired) electrons. The van der Waals surface area contributed by atoms with E-state index in [0.29, 0.717) is 12.1 Å². The first kappa shape index (κ1) is 12.7. The fourth-order valence-corrected chi connectivity index (χ4v) is 3.09. The van der Waals surface area contributed by atoms with Crippen molar-refractivity contribution in [2.45, 2.75) is 31.5 Å². The summed E-state index contributed by atoms with van der Waals surface area (Å²) in [7, 11) is 1.69. The first-order chi connectivity index (χ1) is 11.7. The van der Waals surface area contributed by atoms with Crippen LogP contribution in [0.2, 0.25) is 0 Å². The average molecular weight is 300 g/mol. The molecule has 3 nitrogen and oxygen atoms in total. The smallest absolute Gasteiger partial charge is 0.123 e. The minimum absolute atomic E-state index is 0.128. The molecule has 2 atom stereocenters. The molecule has 22 heavy (non-hydrogen) atoms. The predicted octanol–water partition coefficient (Wildman–Crippen LogP) is 3.28. The van der Waals surface area contributed by atoms with Gasteiger partial charge >= 0.3 is 0 Å². The number of ether oxygens (including phenoxy) is 1. The monoisotopic (exact) mass is 300 g/mol. The summed E-state index contributed by atoms with van der Waals surface area (Å²) in [4.78, 5) is 0. The van der Waals surface area contributed by atoms with Crippen molar-refractivity contribution in [2.24, 2.45) is 0 Å². The number of methoxy groups -OCH3 is 1. The molecule has 2 aromatic rings. The van der Waals surface area contributed by atoms with Crippen LogP contribution < -0.4 is 15.4 Å². The second-order valence-corrected chi connectivity index (χ2v) is 5.64. The van der Waals surface area contributed by atoms with Gasteiger partial charge in [-0.05, 0) is 31.0 Å². The Labute approximate surface area is 135 Å². The van der Waals surface area contributed by atoms with Gasteiger partial charge in [-0.25, -0.2) is 0 Å². The van der Waals surface area contributed by atoms with Crippen molar-refractivity contribution < 1.29 is 7.48 Å². The van der Waals surface area contributed by atoms with Crippen molar-refractivity contribution in [2.75, 3.05) is 13.7 Å². The van der Waals surface area contributed by atoms with Gasteiger partial charge in [0.1, 0.15) is 5.75 Å². The Balaban J connectivity index is 1.75. The van der Waals surface area contributed by atoms with Gasteiger partial charge in [-0.3, -0.25) is 0 Å². The summed E-state index contributed by atoms with van der Waals surface area (Å²) < 4.78 is 21.2. The van der Waals surface area contributed by atoms with E-state index in [2.05, 4.69) is 16.7 Å². The Hall–Kier alpha value is -1.84. The van der Waals surface area contributed by atoms with Crippen LogP contribution in [0.15, 0.2) is 54.5 Å². The second kappa shape index (κ2) is 7.43. The molecular formula is C19H24N2O. The number of hydrogen-bond acceptors (Lipinski definition) is 3. The first-order valence-electron chi connectivity index (χ1n) is 8.84. The molecule has 0 aliphatic carbocycles. The average Bonchev–Trinajstić information content (AvgIpc) is 2.59. The number of para-hydroxylation sites is 1. The van der Waals surface area contributed by atoms with E-state index in [1.54, 1.807) is 13.2 Å². The van der Waals surface area contributed by atoms with E-state index in [9.17, 15) is 0 Å². The molecule has 0 saturated carbocycles. The molecular weight excluding hydrogens is 272 g/mol. The van der Waals surface area contributed by atoms with E-state index in [1.807, 2.05) is 30.3 Å². The Morgan fingerprint density at radius 1 is 1.23 bits per heavy atom. The number of benzene rings is 2. The van der Waals surface area contributed by atoms with Crippen molar-refractivity contribution >= 4 is 0 Å². The van der Waals surface area contributed by atoms with E-state index in [4.69, 9.17) is 7.48 Å². The summed E-state index contributed by atoms with van der Waals surface area (Å²) >= 11 is 0. The highest BCUT2D eigenvalue weighted by molar-refractivity contribution is 5.33. The molecule has 0 spiro atoms. The molecule has 116 valence electrons. The predicted molar refractivity (Wildman–Crippen MR) is 90.0 cm³/mol. The Morgan fingerprint density at radius 2 is 2.05 bits per heavy atom. The minimum atomic E-state index is 0.128. The Bertz CT molecular complexity index is 673. The lowest BCUT2D eigenvalue weighted by Crippen LogP contribution is -2.45. The van der Waals surface area contributed by atoms with Gasteiger partial charge in [0.25, 0.3) is 0 Å². The van der Waals surface area contributed by atoms with Gasteiger partial charge < -0.3 is 15.4 Å². The lowest BCUT2D eigenvalue weighted by atomic mass is 9.92. The topological polar surface area (TPSA) is 33.3 Å². The molecule has 2 aromatic carbocycles. The third-order valence-corrected chi connectivity index (χ3v) is 4.23. The SMILES string of the molecule is [3H]c1cc([3H])cc([C@@H]2NCCC[C@@H]2NCc2ccccc2OC)c1. The van der Waals surface area contributed by atoms with Crippen molar-refractivity contribution in [3.05, 3.63) is 65.7 Å². The van der Waals surface area contributed by atoms with Crippen LogP contribution in [0, 0.1) is 0 Å². The van der Waals surface area contributed by atoms with E-state index >= 15 is 0 Å². The molecule has 1 aliphatic heterocycles. The third kappa shape index (κ3) is 3.49. The zero-order valence-corrected chi connectivity index (χ0v) is 12.9. The molecule has 0 unspecified atom stereocenters. The second-order valence-electron chi connectivity index (χ2n) is 5.64. The maximum Gasteiger partial charge on any atom is 0.123 e. The van der Waals surface area contributed by atoms with E-state index in [0.717, 1.165) is 42.8 Å².